The number of nitrogens with zero attached hydrogens (tertiary/aromatic N) is 3. The third-order valence-electron chi connectivity index (χ3n) is 3.21. The molecule has 1 aromatic heterocycles. The minimum Gasteiger partial charge on any atom is -0.382 e. The Morgan fingerprint density at radius 1 is 1.05 bits per heavy atom. The van der Waals surface area contributed by atoms with Crippen molar-refractivity contribution in [3.8, 4) is 5.69 Å². The number of aliphatic hydroxyl groups is 1. The van der Waals surface area contributed by atoms with Crippen LogP contribution in [-0.4, -0.2) is 20.1 Å². The SMILES string of the molecule is Cc1cccc(C(O)c2cnnn2-c2ccccc2)c1. The van der Waals surface area contributed by atoms with Gasteiger partial charge < -0.3 is 5.11 Å². The van der Waals surface area contributed by atoms with Gasteiger partial charge in [0.15, 0.2) is 0 Å². The first kappa shape index (κ1) is 12.6. The highest BCUT2D eigenvalue weighted by Crippen LogP contribution is 2.23. The Balaban J connectivity index is 2.02. The summed E-state index contributed by atoms with van der Waals surface area (Å²) in [7, 11) is 0. The molecule has 0 fully saturated rings. The number of aryl methyl sites for hydroxylation is 1. The first-order valence-corrected chi connectivity index (χ1v) is 6.46. The predicted octanol–water partition coefficient (Wildman–Crippen LogP) is 2.66. The van der Waals surface area contributed by atoms with E-state index in [1.54, 1.807) is 10.9 Å². The Labute approximate surface area is 117 Å². The molecule has 3 rings (SSSR count). The van der Waals surface area contributed by atoms with E-state index in [-0.39, 0.29) is 0 Å². The van der Waals surface area contributed by atoms with E-state index in [4.69, 9.17) is 0 Å². The van der Waals surface area contributed by atoms with E-state index < -0.39 is 6.10 Å². The molecule has 3 aromatic rings. The van der Waals surface area contributed by atoms with Crippen molar-refractivity contribution >= 4 is 0 Å². The Kier molecular flexibility index (Phi) is 3.31. The molecule has 1 heterocycles. The summed E-state index contributed by atoms with van der Waals surface area (Å²) in [6.07, 6.45) is 0.852. The summed E-state index contributed by atoms with van der Waals surface area (Å²) in [6, 6.07) is 17.5. The molecule has 0 aliphatic carbocycles. The second-order valence-electron chi connectivity index (χ2n) is 4.72. The van der Waals surface area contributed by atoms with Crippen LogP contribution in [0, 0.1) is 6.92 Å². The van der Waals surface area contributed by atoms with E-state index in [1.165, 1.54) is 0 Å². The van der Waals surface area contributed by atoms with Crippen LogP contribution in [0.15, 0.2) is 60.8 Å². The van der Waals surface area contributed by atoms with Crippen LogP contribution in [0.5, 0.6) is 0 Å². The Hall–Kier alpha value is -2.46. The fourth-order valence-corrected chi connectivity index (χ4v) is 2.21. The van der Waals surface area contributed by atoms with Gasteiger partial charge in [-0.15, -0.1) is 5.10 Å². The van der Waals surface area contributed by atoms with Crippen molar-refractivity contribution in [2.24, 2.45) is 0 Å². The van der Waals surface area contributed by atoms with E-state index in [0.717, 1.165) is 16.8 Å². The first-order chi connectivity index (χ1) is 9.75. The van der Waals surface area contributed by atoms with Crippen LogP contribution in [0.2, 0.25) is 0 Å². The minimum atomic E-state index is -0.745. The normalized spacial score (nSPS) is 12.3. The molecule has 0 saturated carbocycles. The van der Waals surface area contributed by atoms with Gasteiger partial charge in [0.1, 0.15) is 6.10 Å². The lowest BCUT2D eigenvalue weighted by Gasteiger charge is -2.13. The molecule has 0 radical (unpaired) electrons. The van der Waals surface area contributed by atoms with Crippen molar-refractivity contribution in [1.82, 2.24) is 15.0 Å². The predicted molar refractivity (Wildman–Crippen MR) is 76.6 cm³/mol. The second kappa shape index (κ2) is 5.27. The number of rotatable bonds is 3. The smallest absolute Gasteiger partial charge is 0.123 e. The lowest BCUT2D eigenvalue weighted by atomic mass is 10.0. The van der Waals surface area contributed by atoms with Crippen molar-refractivity contribution in [1.29, 1.82) is 0 Å². The van der Waals surface area contributed by atoms with E-state index in [1.807, 2.05) is 61.5 Å². The summed E-state index contributed by atoms with van der Waals surface area (Å²) in [5.41, 5.74) is 3.48. The summed E-state index contributed by atoms with van der Waals surface area (Å²) in [5, 5.41) is 18.5. The number of aromatic nitrogens is 3. The lowest BCUT2D eigenvalue weighted by Crippen LogP contribution is -2.08. The van der Waals surface area contributed by atoms with Gasteiger partial charge in [0.05, 0.1) is 17.6 Å². The Morgan fingerprint density at radius 3 is 2.60 bits per heavy atom. The molecule has 0 spiro atoms. The molecule has 1 N–H and O–H groups in total. The van der Waals surface area contributed by atoms with Crippen LogP contribution < -0.4 is 0 Å². The van der Waals surface area contributed by atoms with Crippen molar-refractivity contribution < 1.29 is 5.11 Å². The quantitative estimate of drug-likeness (QED) is 0.792. The number of hydrogen-bond acceptors (Lipinski definition) is 3. The summed E-state index contributed by atoms with van der Waals surface area (Å²) in [6.45, 7) is 2.00. The number of para-hydroxylation sites is 1. The fraction of sp³-hybridized carbons (Fsp3) is 0.125. The summed E-state index contributed by atoms with van der Waals surface area (Å²) in [4.78, 5) is 0. The van der Waals surface area contributed by atoms with Crippen LogP contribution in [0.4, 0.5) is 0 Å². The van der Waals surface area contributed by atoms with Gasteiger partial charge in [0.2, 0.25) is 0 Å². The molecule has 4 heteroatoms. The molecule has 0 bridgehead atoms. The van der Waals surface area contributed by atoms with Crippen LogP contribution in [0.25, 0.3) is 5.69 Å². The molecule has 100 valence electrons. The van der Waals surface area contributed by atoms with E-state index in [2.05, 4.69) is 10.3 Å². The maximum atomic E-state index is 10.5. The van der Waals surface area contributed by atoms with Crippen molar-refractivity contribution in [2.45, 2.75) is 13.0 Å². The van der Waals surface area contributed by atoms with Crippen LogP contribution in [-0.2, 0) is 0 Å². The summed E-state index contributed by atoms with van der Waals surface area (Å²) in [5.74, 6) is 0. The third kappa shape index (κ3) is 2.33. The first-order valence-electron chi connectivity index (χ1n) is 6.46. The fourth-order valence-electron chi connectivity index (χ4n) is 2.21. The van der Waals surface area contributed by atoms with Crippen molar-refractivity contribution in [3.63, 3.8) is 0 Å². The molecule has 0 saturated heterocycles. The van der Waals surface area contributed by atoms with Gasteiger partial charge in [-0.05, 0) is 24.6 Å². The third-order valence-corrected chi connectivity index (χ3v) is 3.21. The van der Waals surface area contributed by atoms with Crippen LogP contribution >= 0.6 is 0 Å². The number of aliphatic hydroxyl groups excluding tert-OH is 1. The zero-order chi connectivity index (χ0) is 13.9. The summed E-state index contributed by atoms with van der Waals surface area (Å²) >= 11 is 0. The highest BCUT2D eigenvalue weighted by Gasteiger charge is 2.17. The largest absolute Gasteiger partial charge is 0.382 e. The van der Waals surface area contributed by atoms with Crippen LogP contribution in [0.3, 0.4) is 0 Å². The van der Waals surface area contributed by atoms with E-state index in [9.17, 15) is 5.11 Å². The molecule has 0 amide bonds. The van der Waals surface area contributed by atoms with E-state index in [0.29, 0.717) is 5.69 Å². The Bertz CT molecular complexity index is 707. The highest BCUT2D eigenvalue weighted by atomic mass is 16.3. The molecular weight excluding hydrogens is 250 g/mol. The average Bonchev–Trinajstić information content (AvgIpc) is 2.97. The Morgan fingerprint density at radius 2 is 1.85 bits per heavy atom. The summed E-state index contributed by atoms with van der Waals surface area (Å²) < 4.78 is 1.66. The molecule has 1 unspecified atom stereocenters. The number of hydrogen-bond donors (Lipinski definition) is 1. The van der Waals surface area contributed by atoms with Gasteiger partial charge in [-0.2, -0.15) is 0 Å². The van der Waals surface area contributed by atoms with Crippen molar-refractivity contribution in [3.05, 3.63) is 77.6 Å². The highest BCUT2D eigenvalue weighted by molar-refractivity contribution is 5.35. The maximum Gasteiger partial charge on any atom is 0.123 e. The molecular formula is C16H15N3O. The van der Waals surface area contributed by atoms with Gasteiger partial charge in [-0.1, -0.05) is 53.2 Å². The standard InChI is InChI=1S/C16H15N3O/c1-12-6-5-7-13(10-12)16(20)15-11-17-18-19(15)14-8-3-2-4-9-14/h2-11,16,20H,1H3. The van der Waals surface area contributed by atoms with Gasteiger partial charge in [0, 0.05) is 0 Å². The van der Waals surface area contributed by atoms with Gasteiger partial charge in [-0.3, -0.25) is 0 Å². The number of benzene rings is 2. The average molecular weight is 265 g/mol. The molecule has 0 aliphatic rings. The molecule has 0 aliphatic heterocycles. The van der Waals surface area contributed by atoms with Gasteiger partial charge in [-0.25, -0.2) is 4.68 Å². The molecule has 20 heavy (non-hydrogen) atoms. The molecule has 4 nitrogen and oxygen atoms in total. The van der Waals surface area contributed by atoms with E-state index >= 15 is 0 Å². The molecule has 2 aromatic carbocycles. The zero-order valence-electron chi connectivity index (χ0n) is 11.1. The minimum absolute atomic E-state index is 0.654. The van der Waals surface area contributed by atoms with Crippen LogP contribution in [0.1, 0.15) is 22.9 Å². The second-order valence-corrected chi connectivity index (χ2v) is 4.72. The van der Waals surface area contributed by atoms with Gasteiger partial charge >= 0.3 is 0 Å². The van der Waals surface area contributed by atoms with Crippen molar-refractivity contribution in [2.75, 3.05) is 0 Å². The topological polar surface area (TPSA) is 50.9 Å². The lowest BCUT2D eigenvalue weighted by molar-refractivity contribution is 0.212. The zero-order valence-corrected chi connectivity index (χ0v) is 11.1. The molecule has 1 atom stereocenters. The maximum absolute atomic E-state index is 10.5. The monoisotopic (exact) mass is 265 g/mol. The van der Waals surface area contributed by atoms with Gasteiger partial charge in [0.25, 0.3) is 0 Å².